The van der Waals surface area contributed by atoms with E-state index in [1.54, 1.807) is 6.07 Å². The van der Waals surface area contributed by atoms with Crippen LogP contribution in [0, 0.1) is 11.2 Å². The van der Waals surface area contributed by atoms with Crippen molar-refractivity contribution in [2.75, 3.05) is 13.1 Å². The highest BCUT2D eigenvalue weighted by Gasteiger charge is 2.31. The second kappa shape index (κ2) is 3.06. The average molecular weight is 221 g/mol. The highest BCUT2D eigenvalue weighted by atomic mass is 32.2. The number of rotatable bonds is 0. The molecule has 5 heteroatoms. The second-order valence-corrected chi connectivity index (χ2v) is 4.38. The molecule has 2 heterocycles. The number of fused-ring (bicyclic) bond motifs is 3. The van der Waals surface area contributed by atoms with Crippen LogP contribution in [0.4, 0.5) is 4.39 Å². The van der Waals surface area contributed by atoms with Crippen LogP contribution in [-0.2, 0) is 0 Å². The number of halogens is 1. The van der Waals surface area contributed by atoms with Crippen molar-refractivity contribution < 1.29 is 4.39 Å². The van der Waals surface area contributed by atoms with Gasteiger partial charge in [-0.3, -0.25) is 10.4 Å². The number of thioether (sulfide) groups is 1. The van der Waals surface area contributed by atoms with Gasteiger partial charge in [0.1, 0.15) is 11.7 Å². The molecule has 3 nitrogen and oxygen atoms in total. The highest BCUT2D eigenvalue weighted by molar-refractivity contribution is 8.14. The predicted molar refractivity (Wildman–Crippen MR) is 58.1 cm³/mol. The molecule has 15 heavy (non-hydrogen) atoms. The van der Waals surface area contributed by atoms with E-state index in [-0.39, 0.29) is 5.82 Å². The third kappa shape index (κ3) is 1.19. The highest BCUT2D eigenvalue weighted by Crippen LogP contribution is 2.35. The van der Waals surface area contributed by atoms with Crippen LogP contribution in [0.15, 0.2) is 28.1 Å². The Balaban J connectivity index is 2.23. The number of amidine groups is 2. The molecule has 0 amide bonds. The number of nitrogens with one attached hydrogen (secondary N) is 1. The maximum Gasteiger partial charge on any atom is 0.167 e. The molecule has 0 saturated heterocycles. The van der Waals surface area contributed by atoms with Crippen LogP contribution in [0.5, 0.6) is 0 Å². The van der Waals surface area contributed by atoms with Gasteiger partial charge >= 0.3 is 0 Å². The fourth-order valence-corrected chi connectivity index (χ4v) is 2.73. The molecule has 1 N–H and O–H groups in total. The van der Waals surface area contributed by atoms with Gasteiger partial charge in [0.2, 0.25) is 0 Å². The molecule has 0 fully saturated rings. The van der Waals surface area contributed by atoms with E-state index in [9.17, 15) is 4.39 Å². The van der Waals surface area contributed by atoms with E-state index < -0.39 is 0 Å². The summed E-state index contributed by atoms with van der Waals surface area (Å²) in [6.07, 6.45) is 0. The first-order valence-corrected chi connectivity index (χ1v) is 5.46. The summed E-state index contributed by atoms with van der Waals surface area (Å²) in [5.74, 6) is 0.477. The van der Waals surface area contributed by atoms with Gasteiger partial charge in [0.15, 0.2) is 5.17 Å². The van der Waals surface area contributed by atoms with Crippen LogP contribution < -0.4 is 0 Å². The Morgan fingerprint density at radius 1 is 1.47 bits per heavy atom. The first kappa shape index (κ1) is 8.91. The number of benzene rings is 1. The normalized spacial score (nSPS) is 18.6. The second-order valence-electron chi connectivity index (χ2n) is 3.38. The lowest BCUT2D eigenvalue weighted by molar-refractivity contribution is 0.597. The predicted octanol–water partition coefficient (Wildman–Crippen LogP) is 1.93. The van der Waals surface area contributed by atoms with E-state index in [0.717, 1.165) is 17.9 Å². The van der Waals surface area contributed by atoms with Crippen LogP contribution in [-0.4, -0.2) is 29.0 Å². The van der Waals surface area contributed by atoms with Gasteiger partial charge in [-0.15, -0.1) is 0 Å². The van der Waals surface area contributed by atoms with E-state index in [2.05, 4.69) is 4.99 Å². The van der Waals surface area contributed by atoms with Gasteiger partial charge in [-0.1, -0.05) is 6.07 Å². The summed E-state index contributed by atoms with van der Waals surface area (Å²) in [4.78, 5) is 6.67. The van der Waals surface area contributed by atoms with Gasteiger partial charge in [0.25, 0.3) is 0 Å². The van der Waals surface area contributed by atoms with E-state index in [1.165, 1.54) is 17.8 Å². The van der Waals surface area contributed by atoms with Crippen molar-refractivity contribution in [1.82, 2.24) is 4.90 Å². The zero-order valence-electron chi connectivity index (χ0n) is 7.83. The number of aliphatic imine (C=N–C) groups is 1. The Labute approximate surface area is 90.5 Å². The largest absolute Gasteiger partial charge is 0.304 e. The molecule has 0 bridgehead atoms. The SMILES string of the molecule is N=C1Sc2c(F)cccc2C2=NCCN12. The summed E-state index contributed by atoms with van der Waals surface area (Å²) in [5.41, 5.74) is 0.813. The molecule has 0 spiro atoms. The van der Waals surface area contributed by atoms with Crippen molar-refractivity contribution >= 4 is 22.8 Å². The molecular weight excluding hydrogens is 213 g/mol. The quantitative estimate of drug-likeness (QED) is 0.727. The Hall–Kier alpha value is -1.36. The molecule has 1 aromatic carbocycles. The summed E-state index contributed by atoms with van der Waals surface area (Å²) >= 11 is 1.17. The number of hydrogen-bond donors (Lipinski definition) is 1. The van der Waals surface area contributed by atoms with Crippen LogP contribution in [0.3, 0.4) is 0 Å². The van der Waals surface area contributed by atoms with Gasteiger partial charge in [-0.2, -0.15) is 0 Å². The maximum atomic E-state index is 13.5. The standard InChI is InChI=1S/C10H8FN3S/c11-7-3-1-2-6-8(7)15-10(12)14-5-4-13-9(6)14/h1-3,12H,4-5H2. The summed E-state index contributed by atoms with van der Waals surface area (Å²) in [5, 5.41) is 8.15. The molecule has 3 rings (SSSR count). The van der Waals surface area contributed by atoms with Crippen LogP contribution in [0.2, 0.25) is 0 Å². The zero-order chi connectivity index (χ0) is 10.4. The van der Waals surface area contributed by atoms with Crippen molar-refractivity contribution in [3.8, 4) is 0 Å². The van der Waals surface area contributed by atoms with Gasteiger partial charge < -0.3 is 4.90 Å². The summed E-state index contributed by atoms with van der Waals surface area (Å²) < 4.78 is 13.5. The first-order chi connectivity index (χ1) is 7.27. The lowest BCUT2D eigenvalue weighted by Gasteiger charge is -2.27. The van der Waals surface area contributed by atoms with Gasteiger partial charge in [0, 0.05) is 12.1 Å². The first-order valence-electron chi connectivity index (χ1n) is 4.64. The van der Waals surface area contributed by atoms with Crippen molar-refractivity contribution in [2.24, 2.45) is 4.99 Å². The fourth-order valence-electron chi connectivity index (χ4n) is 1.82. The Morgan fingerprint density at radius 2 is 2.33 bits per heavy atom. The molecule has 2 aliphatic heterocycles. The number of hydrogen-bond acceptors (Lipinski definition) is 3. The van der Waals surface area contributed by atoms with Crippen LogP contribution >= 0.6 is 11.8 Å². The molecule has 0 unspecified atom stereocenters. The molecule has 0 aliphatic carbocycles. The molecule has 76 valence electrons. The fraction of sp³-hybridized carbons (Fsp3) is 0.200. The molecule has 2 aliphatic rings. The van der Waals surface area contributed by atoms with Gasteiger partial charge in [-0.05, 0) is 23.9 Å². The molecule has 0 atom stereocenters. The summed E-state index contributed by atoms with van der Waals surface area (Å²) in [6.45, 7) is 1.42. The van der Waals surface area contributed by atoms with Gasteiger partial charge in [0.05, 0.1) is 11.4 Å². The third-order valence-electron chi connectivity index (χ3n) is 2.49. The summed E-state index contributed by atoms with van der Waals surface area (Å²) in [7, 11) is 0. The van der Waals surface area contributed by atoms with E-state index in [1.807, 2.05) is 11.0 Å². The molecule has 1 aromatic rings. The van der Waals surface area contributed by atoms with Crippen molar-refractivity contribution in [1.29, 1.82) is 5.41 Å². The summed E-state index contributed by atoms with van der Waals surface area (Å²) in [6, 6.07) is 4.96. The lowest BCUT2D eigenvalue weighted by Crippen LogP contribution is -2.36. The molecular formula is C10H8FN3S. The zero-order valence-corrected chi connectivity index (χ0v) is 8.64. The average Bonchev–Trinajstić information content (AvgIpc) is 2.69. The third-order valence-corrected chi connectivity index (χ3v) is 3.53. The minimum Gasteiger partial charge on any atom is -0.304 e. The Bertz CT molecular complexity index is 484. The van der Waals surface area contributed by atoms with Crippen molar-refractivity contribution in [3.63, 3.8) is 0 Å². The molecule has 0 saturated carbocycles. The van der Waals surface area contributed by atoms with Crippen LogP contribution in [0.1, 0.15) is 5.56 Å². The monoisotopic (exact) mass is 221 g/mol. The lowest BCUT2D eigenvalue weighted by atomic mass is 10.2. The van der Waals surface area contributed by atoms with Crippen LogP contribution in [0.25, 0.3) is 0 Å². The maximum absolute atomic E-state index is 13.5. The van der Waals surface area contributed by atoms with E-state index in [0.29, 0.717) is 16.6 Å². The minimum absolute atomic E-state index is 0.267. The van der Waals surface area contributed by atoms with E-state index in [4.69, 9.17) is 5.41 Å². The molecule has 0 aromatic heterocycles. The Morgan fingerprint density at radius 3 is 3.20 bits per heavy atom. The topological polar surface area (TPSA) is 39.5 Å². The van der Waals surface area contributed by atoms with E-state index >= 15 is 0 Å². The Kier molecular flexibility index (Phi) is 1.82. The number of nitrogens with zero attached hydrogens (tertiary/aromatic N) is 2. The van der Waals surface area contributed by atoms with Crippen molar-refractivity contribution in [2.45, 2.75) is 4.90 Å². The molecule has 0 radical (unpaired) electrons. The van der Waals surface area contributed by atoms with Crippen molar-refractivity contribution in [3.05, 3.63) is 29.6 Å². The van der Waals surface area contributed by atoms with Gasteiger partial charge in [-0.25, -0.2) is 4.39 Å². The smallest absolute Gasteiger partial charge is 0.167 e. The minimum atomic E-state index is -0.267.